The topological polar surface area (TPSA) is 110 Å². The van der Waals surface area contributed by atoms with Crippen LogP contribution in [0.1, 0.15) is 50.7 Å². The normalized spacial score (nSPS) is 15.7. The molecule has 0 bridgehead atoms. The number of carbonyl (C=O) groups excluding carboxylic acids is 1. The summed E-state index contributed by atoms with van der Waals surface area (Å²) in [6.45, 7) is 8.98. The van der Waals surface area contributed by atoms with E-state index in [1.165, 1.54) is 6.33 Å². The van der Waals surface area contributed by atoms with Crippen LogP contribution in [0.5, 0.6) is 11.6 Å². The van der Waals surface area contributed by atoms with Gasteiger partial charge in [-0.15, -0.1) is 0 Å². The maximum Gasteiger partial charge on any atom is 0.331 e. The Morgan fingerprint density at radius 1 is 1.22 bits per heavy atom. The number of aromatic amines is 1. The second-order valence-electron chi connectivity index (χ2n) is 9.00. The molecule has 1 unspecified atom stereocenters. The van der Waals surface area contributed by atoms with Crippen molar-refractivity contribution in [3.8, 4) is 11.6 Å². The minimum absolute atomic E-state index is 0.103. The van der Waals surface area contributed by atoms with Crippen molar-refractivity contribution in [2.45, 2.75) is 45.7 Å². The lowest BCUT2D eigenvalue weighted by Crippen LogP contribution is -2.18. The number of amides is 1. The number of rotatable bonds is 3. The van der Waals surface area contributed by atoms with Gasteiger partial charge in [0.15, 0.2) is 0 Å². The zero-order valence-electron chi connectivity index (χ0n) is 18.4. The maximum atomic E-state index is 12.8. The molecule has 4 aromatic rings. The highest BCUT2D eigenvalue weighted by Crippen LogP contribution is 2.34. The zero-order chi connectivity index (χ0) is 22.5. The summed E-state index contributed by atoms with van der Waals surface area (Å²) < 4.78 is 7.65. The van der Waals surface area contributed by atoms with Crippen molar-refractivity contribution < 1.29 is 9.53 Å². The highest BCUT2D eigenvalue weighted by molar-refractivity contribution is 5.98. The molecular weight excluding hydrogens is 406 g/mol. The molecule has 164 valence electrons. The third-order valence-electron chi connectivity index (χ3n) is 5.62. The van der Waals surface area contributed by atoms with Gasteiger partial charge in [-0.3, -0.25) is 15.0 Å². The number of anilines is 1. The number of carbonyl (C=O) groups is 1. The largest absolute Gasteiger partial charge is 0.439 e. The number of benzene rings is 1. The van der Waals surface area contributed by atoms with Crippen LogP contribution in [-0.4, -0.2) is 30.8 Å². The molecule has 5 rings (SSSR count). The van der Waals surface area contributed by atoms with E-state index in [-0.39, 0.29) is 17.5 Å². The maximum absolute atomic E-state index is 12.8. The van der Waals surface area contributed by atoms with Crippen molar-refractivity contribution in [3.63, 3.8) is 0 Å². The van der Waals surface area contributed by atoms with Crippen LogP contribution in [0.2, 0.25) is 0 Å². The number of ether oxygens (including phenoxy) is 1. The van der Waals surface area contributed by atoms with Gasteiger partial charge in [0.2, 0.25) is 5.88 Å². The van der Waals surface area contributed by atoms with E-state index in [1.54, 1.807) is 10.8 Å². The van der Waals surface area contributed by atoms with E-state index in [2.05, 4.69) is 58.5 Å². The Morgan fingerprint density at radius 3 is 2.84 bits per heavy atom. The lowest BCUT2D eigenvalue weighted by molar-refractivity contribution is 0.254. The molecule has 4 heterocycles. The summed E-state index contributed by atoms with van der Waals surface area (Å²) in [5.41, 5.74) is 3.49. The van der Waals surface area contributed by atoms with Crippen LogP contribution in [0.25, 0.3) is 10.9 Å². The molecule has 9 heteroatoms. The lowest BCUT2D eigenvalue weighted by atomic mass is 9.92. The molecule has 0 fully saturated rings. The molecule has 1 aromatic carbocycles. The van der Waals surface area contributed by atoms with Gasteiger partial charge in [-0.05, 0) is 31.2 Å². The minimum atomic E-state index is -0.272. The Labute approximate surface area is 185 Å². The summed E-state index contributed by atoms with van der Waals surface area (Å²) in [6, 6.07) is 9.19. The SMILES string of the molecule is CC1NCc2ncnc(Oc3ccc4c(ccn4C(=O)Nc4cc(C(C)(C)C)n[nH]4)c3)c21. The molecule has 1 atom stereocenters. The third-order valence-corrected chi connectivity index (χ3v) is 5.62. The molecule has 32 heavy (non-hydrogen) atoms. The van der Waals surface area contributed by atoms with Crippen molar-refractivity contribution in [1.29, 1.82) is 0 Å². The number of hydrogen-bond donors (Lipinski definition) is 3. The molecular formula is C23H25N7O2. The Hall–Kier alpha value is -3.72. The molecule has 1 amide bonds. The van der Waals surface area contributed by atoms with E-state index in [1.807, 2.05) is 30.3 Å². The van der Waals surface area contributed by atoms with Crippen LogP contribution in [0, 0.1) is 0 Å². The first-order valence-electron chi connectivity index (χ1n) is 10.5. The Balaban J connectivity index is 1.37. The fraction of sp³-hybridized carbons (Fsp3) is 0.304. The second kappa shape index (κ2) is 7.45. The van der Waals surface area contributed by atoms with Crippen LogP contribution in [0.15, 0.2) is 42.9 Å². The molecule has 0 radical (unpaired) electrons. The highest BCUT2D eigenvalue weighted by atomic mass is 16.5. The van der Waals surface area contributed by atoms with Gasteiger partial charge in [-0.2, -0.15) is 5.10 Å². The summed E-state index contributed by atoms with van der Waals surface area (Å²) >= 11 is 0. The van der Waals surface area contributed by atoms with Gasteiger partial charge in [0.05, 0.1) is 22.5 Å². The fourth-order valence-electron chi connectivity index (χ4n) is 3.84. The average Bonchev–Trinajstić information content (AvgIpc) is 3.46. The van der Waals surface area contributed by atoms with Crippen molar-refractivity contribution in [2.75, 3.05) is 5.32 Å². The van der Waals surface area contributed by atoms with Gasteiger partial charge < -0.3 is 10.1 Å². The number of aromatic nitrogens is 5. The second-order valence-corrected chi connectivity index (χ2v) is 9.00. The smallest absolute Gasteiger partial charge is 0.331 e. The molecule has 3 N–H and O–H groups in total. The van der Waals surface area contributed by atoms with E-state index < -0.39 is 0 Å². The highest BCUT2D eigenvalue weighted by Gasteiger charge is 2.25. The van der Waals surface area contributed by atoms with Gasteiger partial charge in [0.1, 0.15) is 17.9 Å². The fourth-order valence-corrected chi connectivity index (χ4v) is 3.84. The van der Waals surface area contributed by atoms with Gasteiger partial charge >= 0.3 is 6.03 Å². The molecule has 0 aliphatic carbocycles. The number of hydrogen-bond acceptors (Lipinski definition) is 6. The Morgan fingerprint density at radius 2 is 2.06 bits per heavy atom. The number of nitrogens with one attached hydrogen (secondary N) is 3. The third kappa shape index (κ3) is 3.60. The Kier molecular flexibility index (Phi) is 4.70. The monoisotopic (exact) mass is 431 g/mol. The quantitative estimate of drug-likeness (QED) is 0.441. The predicted molar refractivity (Wildman–Crippen MR) is 121 cm³/mol. The van der Waals surface area contributed by atoms with Crippen LogP contribution in [0.4, 0.5) is 10.6 Å². The van der Waals surface area contributed by atoms with E-state index in [4.69, 9.17) is 4.74 Å². The van der Waals surface area contributed by atoms with Crippen molar-refractivity contribution in [1.82, 2.24) is 30.0 Å². The minimum Gasteiger partial charge on any atom is -0.439 e. The molecule has 0 saturated carbocycles. The predicted octanol–water partition coefficient (Wildman–Crippen LogP) is 4.49. The molecule has 0 saturated heterocycles. The summed E-state index contributed by atoms with van der Waals surface area (Å²) in [7, 11) is 0. The standard InChI is InChI=1S/C23H25N7O2/c1-13-20-16(11-24-13)25-12-26-21(20)32-15-5-6-17-14(9-15)7-8-30(17)22(31)27-19-10-18(28-29-19)23(2,3)4/h5-10,12-13,24H,11H2,1-4H3,(H2,27,28,29,31). The van der Waals surface area contributed by atoms with Gasteiger partial charge in [0.25, 0.3) is 0 Å². The summed E-state index contributed by atoms with van der Waals surface area (Å²) in [5, 5.41) is 14.3. The number of H-pyrrole nitrogens is 1. The van der Waals surface area contributed by atoms with Crippen molar-refractivity contribution >= 4 is 22.8 Å². The van der Waals surface area contributed by atoms with Gasteiger partial charge in [0, 0.05) is 35.7 Å². The van der Waals surface area contributed by atoms with Crippen molar-refractivity contribution in [3.05, 3.63) is 59.8 Å². The summed E-state index contributed by atoms with van der Waals surface area (Å²) in [5.74, 6) is 1.76. The van der Waals surface area contributed by atoms with E-state index in [0.29, 0.717) is 24.0 Å². The van der Waals surface area contributed by atoms with E-state index in [9.17, 15) is 4.79 Å². The first-order valence-corrected chi connectivity index (χ1v) is 10.5. The summed E-state index contributed by atoms with van der Waals surface area (Å²) in [4.78, 5) is 21.5. The Bertz CT molecular complexity index is 1320. The lowest BCUT2D eigenvalue weighted by Gasteiger charge is -2.13. The van der Waals surface area contributed by atoms with Gasteiger partial charge in [-0.1, -0.05) is 20.8 Å². The van der Waals surface area contributed by atoms with Crippen LogP contribution >= 0.6 is 0 Å². The first-order chi connectivity index (χ1) is 15.3. The first kappa shape index (κ1) is 20.2. The molecule has 1 aliphatic heterocycles. The van der Waals surface area contributed by atoms with Crippen molar-refractivity contribution in [2.24, 2.45) is 0 Å². The van der Waals surface area contributed by atoms with Gasteiger partial charge in [-0.25, -0.2) is 14.8 Å². The number of nitrogens with zero attached hydrogens (tertiary/aromatic N) is 4. The average molecular weight is 432 g/mol. The molecule has 9 nitrogen and oxygen atoms in total. The molecule has 1 aliphatic rings. The van der Waals surface area contributed by atoms with E-state index in [0.717, 1.165) is 27.9 Å². The number of fused-ring (bicyclic) bond motifs is 2. The molecule has 0 spiro atoms. The molecule has 3 aromatic heterocycles. The van der Waals surface area contributed by atoms with E-state index >= 15 is 0 Å². The van der Waals surface area contributed by atoms with Crippen LogP contribution < -0.4 is 15.4 Å². The zero-order valence-corrected chi connectivity index (χ0v) is 18.4. The summed E-state index contributed by atoms with van der Waals surface area (Å²) in [6.07, 6.45) is 3.26. The van der Waals surface area contributed by atoms with Crippen LogP contribution in [-0.2, 0) is 12.0 Å². The van der Waals surface area contributed by atoms with Crippen LogP contribution in [0.3, 0.4) is 0 Å².